The van der Waals surface area contributed by atoms with Gasteiger partial charge in [0.15, 0.2) is 13.1 Å². The van der Waals surface area contributed by atoms with Crippen molar-refractivity contribution < 1.29 is 14.5 Å². The summed E-state index contributed by atoms with van der Waals surface area (Å²) < 4.78 is 0. The van der Waals surface area contributed by atoms with Gasteiger partial charge in [-0.05, 0) is 17.6 Å². The van der Waals surface area contributed by atoms with Gasteiger partial charge >= 0.3 is 0 Å². The fourth-order valence-electron chi connectivity index (χ4n) is 3.04. The van der Waals surface area contributed by atoms with Crippen LogP contribution in [0.3, 0.4) is 0 Å². The highest BCUT2D eigenvalue weighted by atomic mass is 16.2. The number of amides is 2. The molecule has 0 aliphatic carbocycles. The molecule has 3 rings (SSSR count). The minimum Gasteiger partial charge on any atom is -0.346 e. The maximum absolute atomic E-state index is 12.4. The van der Waals surface area contributed by atoms with Crippen LogP contribution in [0.15, 0.2) is 36.4 Å². The average molecular weight is 300 g/mol. The molecule has 2 aliphatic heterocycles. The molecule has 0 bridgehead atoms. The first-order valence-electron chi connectivity index (χ1n) is 7.85. The Balaban J connectivity index is 1.55. The Morgan fingerprint density at radius 1 is 1.27 bits per heavy atom. The number of piperazine rings is 1. The van der Waals surface area contributed by atoms with Crippen LogP contribution in [0.1, 0.15) is 12.0 Å². The first kappa shape index (κ1) is 14.8. The summed E-state index contributed by atoms with van der Waals surface area (Å²) >= 11 is 0. The normalized spacial score (nSPS) is 22.0. The second kappa shape index (κ2) is 6.75. The fourth-order valence-corrected chi connectivity index (χ4v) is 3.04. The SMILES string of the molecule is O=C1C[NH+](CC(=O)N2CC=C(c3ccccc3)CC2)CCN1. The molecule has 2 amide bonds. The molecule has 1 aromatic rings. The molecule has 0 saturated carbocycles. The maximum atomic E-state index is 12.4. The summed E-state index contributed by atoms with van der Waals surface area (Å²) in [5.41, 5.74) is 2.56. The van der Waals surface area contributed by atoms with Crippen LogP contribution in [0, 0.1) is 0 Å². The molecular weight excluding hydrogens is 278 g/mol. The molecule has 1 atom stereocenters. The monoisotopic (exact) mass is 300 g/mol. The second-order valence-corrected chi connectivity index (χ2v) is 5.89. The van der Waals surface area contributed by atoms with Crippen LogP contribution in [0.2, 0.25) is 0 Å². The highest BCUT2D eigenvalue weighted by Crippen LogP contribution is 2.21. The third kappa shape index (κ3) is 3.54. The third-order valence-electron chi connectivity index (χ3n) is 4.32. The zero-order valence-electron chi connectivity index (χ0n) is 12.7. The second-order valence-electron chi connectivity index (χ2n) is 5.89. The molecule has 0 aromatic heterocycles. The van der Waals surface area contributed by atoms with Crippen molar-refractivity contribution in [2.24, 2.45) is 0 Å². The molecule has 1 saturated heterocycles. The lowest BCUT2D eigenvalue weighted by Crippen LogP contribution is -3.16. The van der Waals surface area contributed by atoms with E-state index in [4.69, 9.17) is 0 Å². The van der Waals surface area contributed by atoms with Crippen LogP contribution in [0.5, 0.6) is 0 Å². The van der Waals surface area contributed by atoms with E-state index in [1.54, 1.807) is 0 Å². The van der Waals surface area contributed by atoms with Gasteiger partial charge in [0.25, 0.3) is 11.8 Å². The number of benzene rings is 1. The van der Waals surface area contributed by atoms with Gasteiger partial charge in [-0.1, -0.05) is 36.4 Å². The summed E-state index contributed by atoms with van der Waals surface area (Å²) in [5.74, 6) is 0.187. The molecule has 2 aliphatic rings. The van der Waals surface area contributed by atoms with E-state index in [1.165, 1.54) is 11.1 Å². The van der Waals surface area contributed by atoms with E-state index in [-0.39, 0.29) is 11.8 Å². The van der Waals surface area contributed by atoms with Gasteiger partial charge in [-0.15, -0.1) is 0 Å². The van der Waals surface area contributed by atoms with Crippen molar-refractivity contribution in [3.63, 3.8) is 0 Å². The van der Waals surface area contributed by atoms with E-state index in [0.29, 0.717) is 26.2 Å². The Labute approximate surface area is 130 Å². The topological polar surface area (TPSA) is 53.9 Å². The summed E-state index contributed by atoms with van der Waals surface area (Å²) in [4.78, 5) is 26.7. The summed E-state index contributed by atoms with van der Waals surface area (Å²) in [7, 11) is 0. The van der Waals surface area contributed by atoms with Crippen LogP contribution in [-0.4, -0.2) is 56.0 Å². The van der Waals surface area contributed by atoms with Gasteiger partial charge in [-0.2, -0.15) is 0 Å². The van der Waals surface area contributed by atoms with Gasteiger partial charge in [0.1, 0.15) is 0 Å². The number of carbonyl (C=O) groups excluding carboxylic acids is 2. The summed E-state index contributed by atoms with van der Waals surface area (Å²) in [6.45, 7) is 3.75. The molecular formula is C17H22N3O2+. The zero-order valence-corrected chi connectivity index (χ0v) is 12.7. The molecule has 1 fully saturated rings. The predicted octanol–water partition coefficient (Wildman–Crippen LogP) is -0.683. The molecule has 5 nitrogen and oxygen atoms in total. The molecule has 1 unspecified atom stereocenters. The standard InChI is InChI=1S/C17H21N3O2/c21-16-12-19(11-8-18-16)13-17(22)20-9-6-15(7-10-20)14-4-2-1-3-5-14/h1-6H,7-13H2,(H,18,21)/p+1. The van der Waals surface area contributed by atoms with Crippen LogP contribution < -0.4 is 10.2 Å². The Morgan fingerprint density at radius 3 is 2.77 bits per heavy atom. The lowest BCUT2D eigenvalue weighted by molar-refractivity contribution is -0.885. The van der Waals surface area contributed by atoms with Gasteiger partial charge < -0.3 is 15.1 Å². The van der Waals surface area contributed by atoms with E-state index < -0.39 is 0 Å². The lowest BCUT2D eigenvalue weighted by atomic mass is 9.99. The molecule has 5 heteroatoms. The fraction of sp³-hybridized carbons (Fsp3) is 0.412. The van der Waals surface area contributed by atoms with Crippen LogP contribution in [0.4, 0.5) is 0 Å². The predicted molar refractivity (Wildman–Crippen MR) is 84.2 cm³/mol. The third-order valence-corrected chi connectivity index (χ3v) is 4.32. The highest BCUT2D eigenvalue weighted by molar-refractivity contribution is 5.80. The van der Waals surface area contributed by atoms with Crippen molar-refractivity contribution in [1.29, 1.82) is 0 Å². The van der Waals surface area contributed by atoms with Crippen LogP contribution in [0.25, 0.3) is 5.57 Å². The zero-order chi connectivity index (χ0) is 15.4. The van der Waals surface area contributed by atoms with Crippen LogP contribution in [-0.2, 0) is 9.59 Å². The van der Waals surface area contributed by atoms with Crippen LogP contribution >= 0.6 is 0 Å². The number of hydrogen-bond acceptors (Lipinski definition) is 2. The quantitative estimate of drug-likeness (QED) is 0.777. The number of nitrogens with one attached hydrogen (secondary N) is 2. The van der Waals surface area contributed by atoms with Crippen molar-refractivity contribution in [1.82, 2.24) is 10.2 Å². The molecule has 0 radical (unpaired) electrons. The van der Waals surface area contributed by atoms with E-state index in [0.717, 1.165) is 24.4 Å². The van der Waals surface area contributed by atoms with Gasteiger partial charge in [0.2, 0.25) is 0 Å². The van der Waals surface area contributed by atoms with Crippen molar-refractivity contribution >= 4 is 17.4 Å². The largest absolute Gasteiger partial charge is 0.346 e. The van der Waals surface area contributed by atoms with Gasteiger partial charge in [0.05, 0.1) is 13.1 Å². The summed E-state index contributed by atoms with van der Waals surface area (Å²) in [6.07, 6.45) is 3.04. The van der Waals surface area contributed by atoms with Crippen molar-refractivity contribution in [3.05, 3.63) is 42.0 Å². The first-order chi connectivity index (χ1) is 10.7. The molecule has 2 heterocycles. The summed E-state index contributed by atoms with van der Waals surface area (Å²) in [6, 6.07) is 10.3. The Kier molecular flexibility index (Phi) is 4.53. The van der Waals surface area contributed by atoms with E-state index in [1.807, 2.05) is 23.1 Å². The Morgan fingerprint density at radius 2 is 2.09 bits per heavy atom. The number of nitrogens with zero attached hydrogens (tertiary/aromatic N) is 1. The average Bonchev–Trinajstić information content (AvgIpc) is 2.56. The van der Waals surface area contributed by atoms with Crippen molar-refractivity contribution in [3.8, 4) is 0 Å². The minimum atomic E-state index is 0.0407. The number of hydrogen-bond donors (Lipinski definition) is 2. The molecule has 116 valence electrons. The van der Waals surface area contributed by atoms with Crippen molar-refractivity contribution in [2.75, 3.05) is 39.3 Å². The summed E-state index contributed by atoms with van der Waals surface area (Å²) in [5, 5.41) is 2.79. The van der Waals surface area contributed by atoms with E-state index in [9.17, 15) is 9.59 Å². The Hall–Kier alpha value is -2.14. The number of rotatable bonds is 3. The molecule has 0 spiro atoms. The molecule has 1 aromatic carbocycles. The molecule has 2 N–H and O–H groups in total. The van der Waals surface area contributed by atoms with E-state index in [2.05, 4.69) is 23.5 Å². The minimum absolute atomic E-state index is 0.0407. The first-order valence-corrected chi connectivity index (χ1v) is 7.85. The van der Waals surface area contributed by atoms with Gasteiger partial charge in [0, 0.05) is 13.1 Å². The highest BCUT2D eigenvalue weighted by Gasteiger charge is 2.25. The van der Waals surface area contributed by atoms with Gasteiger partial charge in [-0.25, -0.2) is 0 Å². The molecule has 22 heavy (non-hydrogen) atoms. The van der Waals surface area contributed by atoms with Gasteiger partial charge in [-0.3, -0.25) is 9.59 Å². The maximum Gasteiger partial charge on any atom is 0.278 e. The Bertz CT molecular complexity index is 583. The number of carbonyl (C=O) groups is 2. The number of quaternary nitrogens is 1. The smallest absolute Gasteiger partial charge is 0.278 e. The van der Waals surface area contributed by atoms with Crippen molar-refractivity contribution in [2.45, 2.75) is 6.42 Å². The lowest BCUT2D eigenvalue weighted by Gasteiger charge is -2.29. The van der Waals surface area contributed by atoms with E-state index >= 15 is 0 Å².